The largest absolute Gasteiger partial charge is 0.389 e. The molecule has 1 saturated heterocycles. The van der Waals surface area contributed by atoms with Crippen LogP contribution in [-0.4, -0.2) is 73.6 Å². The zero-order valence-corrected chi connectivity index (χ0v) is 11.8. The summed E-state index contributed by atoms with van der Waals surface area (Å²) >= 11 is 0. The van der Waals surface area contributed by atoms with Crippen molar-refractivity contribution in [3.8, 4) is 0 Å². The lowest BCUT2D eigenvalue weighted by atomic mass is 10.3. The van der Waals surface area contributed by atoms with Gasteiger partial charge in [-0.2, -0.15) is 20.4 Å². The predicted octanol–water partition coefficient (Wildman–Crippen LogP) is -1.50. The Morgan fingerprint density at radius 3 is 3.00 bits per heavy atom. The number of hydrogen-bond donors (Lipinski definition) is 3. The van der Waals surface area contributed by atoms with E-state index in [9.17, 15) is 9.90 Å². The molecule has 10 heteroatoms. The van der Waals surface area contributed by atoms with E-state index in [0.29, 0.717) is 31.4 Å². The van der Waals surface area contributed by atoms with Crippen LogP contribution >= 0.6 is 0 Å². The Kier molecular flexibility index (Phi) is 3.83. The highest BCUT2D eigenvalue weighted by Crippen LogP contribution is 2.13. The number of aromatic nitrogens is 5. The average molecular weight is 304 g/mol. The molecule has 0 spiro atoms. The minimum Gasteiger partial charge on any atom is -0.389 e. The number of nitrogens with zero attached hydrogens (tertiary/aromatic N) is 6. The molecule has 2 aromatic heterocycles. The van der Waals surface area contributed by atoms with Crippen molar-refractivity contribution in [2.45, 2.75) is 6.10 Å². The smallest absolute Gasteiger partial charge is 0.276 e. The first-order valence-electron chi connectivity index (χ1n) is 6.80. The van der Waals surface area contributed by atoms with Gasteiger partial charge in [0, 0.05) is 32.4 Å². The monoisotopic (exact) mass is 304 g/mol. The molecule has 1 aliphatic heterocycles. The van der Waals surface area contributed by atoms with E-state index in [2.05, 4.69) is 25.4 Å². The number of carbonyl (C=O) groups excluding carboxylic acids is 1. The number of rotatable bonds is 2. The van der Waals surface area contributed by atoms with Crippen LogP contribution in [0.5, 0.6) is 0 Å². The van der Waals surface area contributed by atoms with Crippen molar-refractivity contribution >= 4 is 17.7 Å². The highest BCUT2D eigenvalue weighted by atomic mass is 16.3. The van der Waals surface area contributed by atoms with E-state index in [1.54, 1.807) is 17.2 Å². The Labute approximate surface area is 126 Å². The number of carbonyl (C=O) groups is 1. The van der Waals surface area contributed by atoms with Gasteiger partial charge in [-0.05, 0) is 6.07 Å². The molecule has 3 heterocycles. The maximum Gasteiger partial charge on any atom is 0.276 e. The Bertz CT molecular complexity index is 646. The number of β-amino-alcohol motifs (C(OH)–C–C–N with tert-alkyl or cyclic N) is 1. The molecular weight excluding hydrogens is 288 g/mol. The van der Waals surface area contributed by atoms with Gasteiger partial charge >= 0.3 is 0 Å². The molecule has 10 nitrogen and oxygen atoms in total. The zero-order chi connectivity index (χ0) is 15.5. The zero-order valence-electron chi connectivity index (χ0n) is 11.8. The third kappa shape index (κ3) is 2.96. The fourth-order valence-electron chi connectivity index (χ4n) is 2.34. The van der Waals surface area contributed by atoms with Crippen molar-refractivity contribution in [2.75, 3.05) is 36.8 Å². The van der Waals surface area contributed by atoms with E-state index in [4.69, 9.17) is 5.73 Å². The summed E-state index contributed by atoms with van der Waals surface area (Å²) in [5.74, 6) is 0.525. The Morgan fingerprint density at radius 2 is 2.27 bits per heavy atom. The molecule has 0 radical (unpaired) electrons. The van der Waals surface area contributed by atoms with E-state index in [1.807, 2.05) is 0 Å². The van der Waals surface area contributed by atoms with Gasteiger partial charge in [0.2, 0.25) is 5.95 Å². The number of aliphatic hydroxyl groups is 1. The third-order valence-electron chi connectivity index (χ3n) is 3.37. The van der Waals surface area contributed by atoms with Crippen LogP contribution in [0.2, 0.25) is 0 Å². The average Bonchev–Trinajstić information content (AvgIpc) is 2.96. The van der Waals surface area contributed by atoms with Crippen LogP contribution in [-0.2, 0) is 0 Å². The number of H-pyrrole nitrogens is 1. The van der Waals surface area contributed by atoms with Gasteiger partial charge < -0.3 is 20.6 Å². The molecule has 1 amide bonds. The lowest BCUT2D eigenvalue weighted by Gasteiger charge is -2.21. The maximum absolute atomic E-state index is 12.3. The predicted molar refractivity (Wildman–Crippen MR) is 77.0 cm³/mol. The maximum atomic E-state index is 12.3. The summed E-state index contributed by atoms with van der Waals surface area (Å²) in [4.78, 5) is 23.9. The van der Waals surface area contributed by atoms with Crippen LogP contribution in [0.15, 0.2) is 18.5 Å². The van der Waals surface area contributed by atoms with E-state index >= 15 is 0 Å². The molecular formula is C12H16N8O2. The van der Waals surface area contributed by atoms with Crippen molar-refractivity contribution in [2.24, 2.45) is 0 Å². The third-order valence-corrected chi connectivity index (χ3v) is 3.37. The number of aromatic amines is 1. The summed E-state index contributed by atoms with van der Waals surface area (Å²) in [5.41, 5.74) is 5.88. The fraction of sp³-hybridized carbons (Fsp3) is 0.417. The molecule has 0 bridgehead atoms. The van der Waals surface area contributed by atoms with E-state index in [1.165, 1.54) is 11.1 Å². The summed E-state index contributed by atoms with van der Waals surface area (Å²) < 4.78 is 0. The van der Waals surface area contributed by atoms with Gasteiger partial charge in [-0.3, -0.25) is 4.79 Å². The SMILES string of the molecule is Nc1ccnc(N2CCN(C(=O)c3cn[nH]n3)CC(O)C2)n1. The first-order valence-corrected chi connectivity index (χ1v) is 6.80. The van der Waals surface area contributed by atoms with Gasteiger partial charge in [-0.15, -0.1) is 0 Å². The van der Waals surface area contributed by atoms with E-state index in [0.717, 1.165) is 0 Å². The summed E-state index contributed by atoms with van der Waals surface area (Å²) in [6.07, 6.45) is 2.20. The highest BCUT2D eigenvalue weighted by molar-refractivity contribution is 5.92. The van der Waals surface area contributed by atoms with Crippen molar-refractivity contribution in [3.63, 3.8) is 0 Å². The van der Waals surface area contributed by atoms with E-state index in [-0.39, 0.29) is 18.1 Å². The molecule has 3 rings (SSSR count). The molecule has 0 aromatic carbocycles. The second kappa shape index (κ2) is 5.93. The number of hydrogen-bond acceptors (Lipinski definition) is 8. The molecule has 2 aromatic rings. The Hall–Kier alpha value is -2.75. The number of nitrogens with two attached hydrogens (primary N) is 1. The molecule has 1 unspecified atom stereocenters. The second-order valence-corrected chi connectivity index (χ2v) is 4.99. The molecule has 0 saturated carbocycles. The number of nitrogen functional groups attached to an aromatic ring is 1. The lowest BCUT2D eigenvalue weighted by Crippen LogP contribution is -2.37. The van der Waals surface area contributed by atoms with Gasteiger partial charge in [-0.25, -0.2) is 4.98 Å². The van der Waals surface area contributed by atoms with Crippen molar-refractivity contribution < 1.29 is 9.90 Å². The molecule has 116 valence electrons. The first kappa shape index (κ1) is 14.2. The van der Waals surface area contributed by atoms with Gasteiger partial charge in [-0.1, -0.05) is 0 Å². The standard InChI is InChI=1S/C12H16N8O2/c13-10-1-2-14-12(16-10)20-4-3-19(6-8(21)7-20)11(22)9-5-15-18-17-9/h1-2,5,8,21H,3-4,6-7H2,(H2,13,14,16)(H,15,17,18). The second-order valence-electron chi connectivity index (χ2n) is 4.99. The molecule has 0 aliphatic carbocycles. The number of aliphatic hydroxyl groups excluding tert-OH is 1. The minimum atomic E-state index is -0.719. The van der Waals surface area contributed by atoms with Crippen molar-refractivity contribution in [1.82, 2.24) is 30.3 Å². The quantitative estimate of drug-likeness (QED) is 0.609. The van der Waals surface area contributed by atoms with Gasteiger partial charge in [0.25, 0.3) is 5.91 Å². The van der Waals surface area contributed by atoms with Crippen LogP contribution in [0, 0.1) is 0 Å². The van der Waals surface area contributed by atoms with Crippen LogP contribution in [0.4, 0.5) is 11.8 Å². The normalized spacial score (nSPS) is 19.0. The summed E-state index contributed by atoms with van der Waals surface area (Å²) in [7, 11) is 0. The summed E-state index contributed by atoms with van der Waals surface area (Å²) in [5, 5.41) is 19.9. The van der Waals surface area contributed by atoms with E-state index < -0.39 is 6.10 Å². The molecule has 22 heavy (non-hydrogen) atoms. The lowest BCUT2D eigenvalue weighted by molar-refractivity contribution is 0.0668. The highest BCUT2D eigenvalue weighted by Gasteiger charge is 2.27. The van der Waals surface area contributed by atoms with Gasteiger partial charge in [0.1, 0.15) is 5.82 Å². The van der Waals surface area contributed by atoms with Crippen molar-refractivity contribution in [1.29, 1.82) is 0 Å². The fourth-order valence-corrected chi connectivity index (χ4v) is 2.34. The van der Waals surface area contributed by atoms with Crippen LogP contribution in [0.3, 0.4) is 0 Å². The molecule has 4 N–H and O–H groups in total. The number of nitrogens with one attached hydrogen (secondary N) is 1. The van der Waals surface area contributed by atoms with Crippen LogP contribution < -0.4 is 10.6 Å². The molecule has 1 atom stereocenters. The van der Waals surface area contributed by atoms with Crippen LogP contribution in [0.1, 0.15) is 10.5 Å². The Balaban J connectivity index is 1.74. The van der Waals surface area contributed by atoms with Crippen molar-refractivity contribution in [3.05, 3.63) is 24.2 Å². The Morgan fingerprint density at radius 1 is 1.41 bits per heavy atom. The molecule has 1 fully saturated rings. The van der Waals surface area contributed by atoms with Gasteiger partial charge in [0.15, 0.2) is 5.69 Å². The van der Waals surface area contributed by atoms with Crippen LogP contribution in [0.25, 0.3) is 0 Å². The minimum absolute atomic E-state index is 0.213. The summed E-state index contributed by atoms with van der Waals surface area (Å²) in [6, 6.07) is 1.60. The molecule has 1 aliphatic rings. The van der Waals surface area contributed by atoms with Gasteiger partial charge in [0.05, 0.1) is 12.3 Å². The first-order chi connectivity index (χ1) is 10.6. The topological polar surface area (TPSA) is 137 Å². The number of amides is 1. The number of anilines is 2. The summed E-state index contributed by atoms with van der Waals surface area (Å²) in [6.45, 7) is 1.45.